The summed E-state index contributed by atoms with van der Waals surface area (Å²) < 4.78 is 2.14. The Kier molecular flexibility index (Phi) is 3.67. The van der Waals surface area contributed by atoms with Gasteiger partial charge in [0, 0.05) is 13.2 Å². The third-order valence-electron chi connectivity index (χ3n) is 2.25. The molecule has 0 radical (unpaired) electrons. The minimum absolute atomic E-state index is 0.415. The second-order valence-electron chi connectivity index (χ2n) is 3.39. The van der Waals surface area contributed by atoms with Gasteiger partial charge in [-0.3, -0.25) is 4.98 Å². The van der Waals surface area contributed by atoms with Crippen LogP contribution in [-0.2, 0) is 7.05 Å². The molecule has 0 aromatic carbocycles. The highest BCUT2D eigenvalue weighted by Crippen LogP contribution is 2.29. The average molecular weight is 337 g/mol. The number of halogens is 3. The first kappa shape index (κ1) is 12.8. The van der Waals surface area contributed by atoms with Crippen molar-refractivity contribution in [3.05, 3.63) is 38.3 Å². The number of rotatable bonds is 2. The lowest BCUT2D eigenvalue weighted by molar-refractivity contribution is 0.644. The number of pyridine rings is 1. The molecule has 0 aliphatic rings. The molecule has 5 nitrogen and oxygen atoms in total. The Labute approximate surface area is 116 Å². The summed E-state index contributed by atoms with van der Waals surface area (Å²) in [6.45, 7) is 0. The Morgan fingerprint density at radius 2 is 2.18 bits per heavy atom. The summed E-state index contributed by atoms with van der Waals surface area (Å²) in [6.07, 6.45) is 1.50. The first-order chi connectivity index (χ1) is 8.00. The fourth-order valence-electron chi connectivity index (χ4n) is 1.45. The molecular formula is C9H8BrCl2N5. The van der Waals surface area contributed by atoms with Crippen molar-refractivity contribution >= 4 is 39.1 Å². The van der Waals surface area contributed by atoms with Crippen LogP contribution in [0.15, 0.2) is 16.9 Å². The van der Waals surface area contributed by atoms with Crippen molar-refractivity contribution in [1.29, 1.82) is 0 Å². The number of nitrogens with zero attached hydrogens (tertiary/aromatic N) is 4. The second kappa shape index (κ2) is 4.89. The highest BCUT2D eigenvalue weighted by atomic mass is 79.9. The largest absolute Gasteiger partial charge is 0.318 e. The smallest absolute Gasteiger partial charge is 0.153 e. The van der Waals surface area contributed by atoms with E-state index in [2.05, 4.69) is 31.2 Å². The van der Waals surface area contributed by atoms with Crippen LogP contribution in [0.4, 0.5) is 0 Å². The van der Waals surface area contributed by atoms with E-state index < -0.39 is 6.04 Å². The fourth-order valence-corrected chi connectivity index (χ4v) is 2.52. The van der Waals surface area contributed by atoms with E-state index in [0.29, 0.717) is 26.0 Å². The molecule has 8 heteroatoms. The van der Waals surface area contributed by atoms with Crippen LogP contribution in [-0.4, -0.2) is 20.0 Å². The molecule has 2 rings (SSSR count). The van der Waals surface area contributed by atoms with Crippen molar-refractivity contribution in [2.24, 2.45) is 12.8 Å². The first-order valence-corrected chi connectivity index (χ1v) is 6.17. The van der Waals surface area contributed by atoms with Crippen LogP contribution < -0.4 is 5.73 Å². The maximum absolute atomic E-state index is 6.09. The van der Waals surface area contributed by atoms with Gasteiger partial charge in [0.2, 0.25) is 0 Å². The number of aromatic nitrogens is 4. The number of hydrogen-bond acceptors (Lipinski definition) is 4. The highest BCUT2D eigenvalue weighted by Gasteiger charge is 2.21. The molecule has 0 aliphatic carbocycles. The van der Waals surface area contributed by atoms with E-state index in [9.17, 15) is 0 Å². The third-order valence-corrected chi connectivity index (χ3v) is 3.33. The minimum Gasteiger partial charge on any atom is -0.318 e. The normalized spacial score (nSPS) is 12.8. The lowest BCUT2D eigenvalue weighted by Crippen LogP contribution is -2.18. The summed E-state index contributed by atoms with van der Waals surface area (Å²) in [7, 11) is 1.75. The van der Waals surface area contributed by atoms with Crippen LogP contribution >= 0.6 is 39.1 Å². The summed E-state index contributed by atoms with van der Waals surface area (Å²) in [5.41, 5.74) is 7.32. The molecule has 2 aromatic rings. The molecule has 0 saturated carbocycles. The second-order valence-corrected chi connectivity index (χ2v) is 4.98. The highest BCUT2D eigenvalue weighted by molar-refractivity contribution is 9.10. The maximum atomic E-state index is 6.09. The number of hydrogen-bond donors (Lipinski definition) is 1. The summed E-state index contributed by atoms with van der Waals surface area (Å²) >= 11 is 15.1. The van der Waals surface area contributed by atoms with Crippen molar-refractivity contribution in [2.75, 3.05) is 0 Å². The molecule has 0 bridgehead atoms. The van der Waals surface area contributed by atoms with Gasteiger partial charge < -0.3 is 5.73 Å². The maximum Gasteiger partial charge on any atom is 0.153 e. The Morgan fingerprint density at radius 1 is 1.47 bits per heavy atom. The molecule has 17 heavy (non-hydrogen) atoms. The molecule has 0 aliphatic heterocycles. The van der Waals surface area contributed by atoms with Crippen molar-refractivity contribution in [3.63, 3.8) is 0 Å². The zero-order chi connectivity index (χ0) is 12.6. The predicted octanol–water partition coefficient (Wildman–Crippen LogP) is 2.33. The molecule has 0 fully saturated rings. The van der Waals surface area contributed by atoms with E-state index in [4.69, 9.17) is 28.9 Å². The van der Waals surface area contributed by atoms with Gasteiger partial charge >= 0.3 is 0 Å². The van der Waals surface area contributed by atoms with Gasteiger partial charge in [0.15, 0.2) is 4.60 Å². The summed E-state index contributed by atoms with van der Waals surface area (Å²) in [6, 6.07) is 1.08. The van der Waals surface area contributed by atoms with E-state index in [1.165, 1.54) is 6.20 Å². The van der Waals surface area contributed by atoms with E-state index in [0.717, 1.165) is 0 Å². The SMILES string of the molecule is Cn1nnc(Br)c1C(N)c1ncc(Cl)cc1Cl. The topological polar surface area (TPSA) is 69.6 Å². The fraction of sp³-hybridized carbons (Fsp3) is 0.222. The van der Waals surface area contributed by atoms with Crippen LogP contribution in [0.5, 0.6) is 0 Å². The molecule has 2 aromatic heterocycles. The summed E-state index contributed by atoms with van der Waals surface area (Å²) in [5.74, 6) is 0. The summed E-state index contributed by atoms with van der Waals surface area (Å²) in [5, 5.41) is 8.60. The quantitative estimate of drug-likeness (QED) is 0.913. The molecule has 0 spiro atoms. The molecule has 90 valence electrons. The standard InChI is InChI=1S/C9H8BrCl2N5/c1-17-8(9(10)15-16-17)6(13)7-5(12)2-4(11)3-14-7/h2-3,6H,13H2,1H3. The van der Waals surface area contributed by atoms with Crippen LogP contribution in [0.2, 0.25) is 10.0 Å². The van der Waals surface area contributed by atoms with Crippen molar-refractivity contribution < 1.29 is 0 Å². The van der Waals surface area contributed by atoms with Gasteiger partial charge in [-0.2, -0.15) is 0 Å². The van der Waals surface area contributed by atoms with Gasteiger partial charge in [-0.05, 0) is 22.0 Å². The molecule has 2 heterocycles. The van der Waals surface area contributed by atoms with Crippen LogP contribution in [0, 0.1) is 0 Å². The van der Waals surface area contributed by atoms with E-state index in [1.807, 2.05) is 0 Å². The Morgan fingerprint density at radius 3 is 2.71 bits per heavy atom. The molecular weight excluding hydrogens is 329 g/mol. The monoisotopic (exact) mass is 335 g/mol. The third kappa shape index (κ3) is 2.44. The number of aryl methyl sites for hydroxylation is 1. The molecule has 2 N–H and O–H groups in total. The van der Waals surface area contributed by atoms with Crippen molar-refractivity contribution in [2.45, 2.75) is 6.04 Å². The Hall–Kier alpha value is -0.690. The van der Waals surface area contributed by atoms with Crippen LogP contribution in [0.3, 0.4) is 0 Å². The molecule has 0 amide bonds. The Bertz CT molecular complexity index is 537. The lowest BCUT2D eigenvalue weighted by atomic mass is 10.1. The minimum atomic E-state index is -0.519. The molecule has 1 atom stereocenters. The first-order valence-electron chi connectivity index (χ1n) is 4.62. The van der Waals surface area contributed by atoms with E-state index in [-0.39, 0.29) is 0 Å². The molecule has 0 saturated heterocycles. The van der Waals surface area contributed by atoms with Crippen LogP contribution in [0.1, 0.15) is 17.4 Å². The Balaban J connectivity index is 2.47. The zero-order valence-corrected chi connectivity index (χ0v) is 11.8. The van der Waals surface area contributed by atoms with Gasteiger partial charge in [-0.25, -0.2) is 4.68 Å². The number of nitrogens with two attached hydrogens (primary N) is 1. The van der Waals surface area contributed by atoms with Gasteiger partial charge in [0.1, 0.15) is 0 Å². The molecule has 1 unspecified atom stereocenters. The van der Waals surface area contributed by atoms with E-state index >= 15 is 0 Å². The predicted molar refractivity (Wildman–Crippen MR) is 69.0 cm³/mol. The van der Waals surface area contributed by atoms with Gasteiger partial charge in [0.05, 0.1) is 27.5 Å². The van der Waals surface area contributed by atoms with Gasteiger partial charge in [0.25, 0.3) is 0 Å². The van der Waals surface area contributed by atoms with Gasteiger partial charge in [-0.15, -0.1) is 5.10 Å². The van der Waals surface area contributed by atoms with Crippen molar-refractivity contribution in [1.82, 2.24) is 20.0 Å². The van der Waals surface area contributed by atoms with E-state index in [1.54, 1.807) is 17.8 Å². The van der Waals surface area contributed by atoms with Crippen LogP contribution in [0.25, 0.3) is 0 Å². The summed E-state index contributed by atoms with van der Waals surface area (Å²) in [4.78, 5) is 4.14. The zero-order valence-electron chi connectivity index (χ0n) is 8.73. The lowest BCUT2D eigenvalue weighted by Gasteiger charge is -2.12. The van der Waals surface area contributed by atoms with Gasteiger partial charge in [-0.1, -0.05) is 28.4 Å². The van der Waals surface area contributed by atoms with Crippen molar-refractivity contribution in [3.8, 4) is 0 Å². The average Bonchev–Trinajstić information content (AvgIpc) is 2.58.